The maximum atomic E-state index is 13.9. The van der Waals surface area contributed by atoms with Crippen molar-refractivity contribution >= 4 is 23.2 Å². The van der Waals surface area contributed by atoms with Crippen molar-refractivity contribution in [1.82, 2.24) is 0 Å². The van der Waals surface area contributed by atoms with Gasteiger partial charge in [-0.05, 0) is 70.7 Å². The maximum Gasteiger partial charge on any atom is 0.307 e. The molecule has 31 heavy (non-hydrogen) atoms. The van der Waals surface area contributed by atoms with E-state index in [1.165, 1.54) is 24.3 Å². The zero-order chi connectivity index (χ0) is 22.0. The fourth-order valence-electron chi connectivity index (χ4n) is 3.78. The summed E-state index contributed by atoms with van der Waals surface area (Å²) in [7, 11) is 0. The zero-order valence-corrected chi connectivity index (χ0v) is 16.9. The number of halogens is 2. The van der Waals surface area contributed by atoms with Gasteiger partial charge in [0.05, 0.1) is 6.42 Å². The molecule has 1 N–H and O–H groups in total. The minimum absolute atomic E-state index is 0.208. The summed E-state index contributed by atoms with van der Waals surface area (Å²) < 4.78 is 33.7. The lowest BCUT2D eigenvalue weighted by Gasteiger charge is -2.11. The fourth-order valence-corrected chi connectivity index (χ4v) is 3.78. The zero-order valence-electron chi connectivity index (χ0n) is 16.9. The summed E-state index contributed by atoms with van der Waals surface area (Å²) >= 11 is 0. The molecule has 0 bridgehead atoms. The molecule has 0 unspecified atom stereocenters. The molecular formula is C26H20F2O3. The van der Waals surface area contributed by atoms with E-state index in [1.807, 2.05) is 43.3 Å². The van der Waals surface area contributed by atoms with E-state index in [9.17, 15) is 18.7 Å². The number of carboxylic acid groups (broad SMARTS) is 1. The van der Waals surface area contributed by atoms with E-state index in [0.717, 1.165) is 22.3 Å². The number of aliphatic carboxylic acids is 1. The Labute approximate surface area is 178 Å². The van der Waals surface area contributed by atoms with Crippen LogP contribution < -0.4 is 4.74 Å². The molecule has 4 rings (SSSR count). The number of allylic oxidation sites excluding steroid dienone is 2. The molecule has 156 valence electrons. The second-order valence-electron chi connectivity index (χ2n) is 7.38. The van der Waals surface area contributed by atoms with Gasteiger partial charge in [-0.2, -0.15) is 0 Å². The Morgan fingerprint density at radius 3 is 2.42 bits per heavy atom. The highest BCUT2D eigenvalue weighted by atomic mass is 19.1. The van der Waals surface area contributed by atoms with Crippen LogP contribution in [0.1, 0.15) is 35.6 Å². The summed E-state index contributed by atoms with van der Waals surface area (Å²) in [6.45, 7) is 2.09. The summed E-state index contributed by atoms with van der Waals surface area (Å²) in [5, 5.41) is 9.31. The average Bonchev–Trinajstić information content (AvgIpc) is 2.99. The fraction of sp³-hybridized carbons (Fsp3) is 0.115. The van der Waals surface area contributed by atoms with E-state index in [2.05, 4.69) is 0 Å². The molecule has 0 heterocycles. The lowest BCUT2D eigenvalue weighted by Crippen LogP contribution is -1.98. The number of fused-ring (bicyclic) bond motifs is 1. The van der Waals surface area contributed by atoms with E-state index >= 15 is 0 Å². The summed E-state index contributed by atoms with van der Waals surface area (Å²) in [5.41, 5.74) is 5.00. The van der Waals surface area contributed by atoms with Gasteiger partial charge in [-0.25, -0.2) is 8.78 Å². The topological polar surface area (TPSA) is 46.5 Å². The standard InChI is InChI=1S/C26H20F2O3/c1-16-22(21-10-9-19(27)12-24(21)23(16)14-26(29)30)11-18-7-8-20(28)13-25(18)31-15-17-5-3-2-4-6-17/h2-13H,14-15H2,1H3,(H,29,30)/b22-11-. The van der Waals surface area contributed by atoms with E-state index in [0.29, 0.717) is 22.4 Å². The molecule has 1 aliphatic carbocycles. The van der Waals surface area contributed by atoms with Gasteiger partial charge in [0.2, 0.25) is 0 Å². The summed E-state index contributed by atoms with van der Waals surface area (Å²) in [4.78, 5) is 11.4. The van der Waals surface area contributed by atoms with Gasteiger partial charge < -0.3 is 9.84 Å². The van der Waals surface area contributed by atoms with E-state index in [1.54, 1.807) is 12.1 Å². The minimum atomic E-state index is -0.987. The molecular weight excluding hydrogens is 398 g/mol. The Kier molecular flexibility index (Phi) is 5.67. The van der Waals surface area contributed by atoms with E-state index < -0.39 is 17.6 Å². The van der Waals surface area contributed by atoms with Gasteiger partial charge in [-0.1, -0.05) is 36.4 Å². The number of carbonyl (C=O) groups is 1. The largest absolute Gasteiger partial charge is 0.488 e. The van der Waals surface area contributed by atoms with E-state index in [-0.39, 0.29) is 13.0 Å². The normalized spacial score (nSPS) is 14.1. The third-order valence-corrected chi connectivity index (χ3v) is 5.29. The monoisotopic (exact) mass is 418 g/mol. The van der Waals surface area contributed by atoms with Crippen molar-refractivity contribution in [2.24, 2.45) is 0 Å². The van der Waals surface area contributed by atoms with Crippen LogP contribution in [0.2, 0.25) is 0 Å². The maximum absolute atomic E-state index is 13.9. The third-order valence-electron chi connectivity index (χ3n) is 5.29. The van der Waals surface area contributed by atoms with Crippen molar-refractivity contribution < 1.29 is 23.4 Å². The van der Waals surface area contributed by atoms with Gasteiger partial charge in [0, 0.05) is 11.6 Å². The molecule has 0 aliphatic heterocycles. The first-order valence-corrected chi connectivity index (χ1v) is 9.82. The lowest BCUT2D eigenvalue weighted by molar-refractivity contribution is -0.135. The van der Waals surface area contributed by atoms with Crippen molar-refractivity contribution in [2.45, 2.75) is 20.0 Å². The summed E-state index contributed by atoms with van der Waals surface area (Å²) in [6.07, 6.45) is 1.63. The lowest BCUT2D eigenvalue weighted by atomic mass is 10.00. The van der Waals surface area contributed by atoms with Gasteiger partial charge in [0.25, 0.3) is 0 Å². The highest BCUT2D eigenvalue weighted by molar-refractivity contribution is 6.07. The van der Waals surface area contributed by atoms with Gasteiger partial charge in [-0.15, -0.1) is 0 Å². The van der Waals surface area contributed by atoms with Crippen LogP contribution in [0.15, 0.2) is 72.3 Å². The molecule has 0 amide bonds. The molecule has 0 spiro atoms. The minimum Gasteiger partial charge on any atom is -0.488 e. The van der Waals surface area contributed by atoms with Crippen LogP contribution in [-0.4, -0.2) is 11.1 Å². The Morgan fingerprint density at radius 1 is 0.968 bits per heavy atom. The van der Waals surface area contributed by atoms with Crippen molar-refractivity contribution in [1.29, 1.82) is 0 Å². The van der Waals surface area contributed by atoms with Crippen LogP contribution in [0, 0.1) is 11.6 Å². The predicted molar refractivity (Wildman–Crippen MR) is 116 cm³/mol. The second kappa shape index (κ2) is 8.56. The first kappa shape index (κ1) is 20.5. The Morgan fingerprint density at radius 2 is 1.68 bits per heavy atom. The van der Waals surface area contributed by atoms with Crippen LogP contribution in [0.4, 0.5) is 8.78 Å². The number of ether oxygens (including phenoxy) is 1. The molecule has 0 saturated carbocycles. The van der Waals surface area contributed by atoms with Crippen LogP contribution in [0.5, 0.6) is 5.75 Å². The highest BCUT2D eigenvalue weighted by Crippen LogP contribution is 2.44. The number of carboxylic acids is 1. The molecule has 5 heteroatoms. The van der Waals surface area contributed by atoms with Crippen molar-refractivity contribution in [3.63, 3.8) is 0 Å². The molecule has 3 nitrogen and oxygen atoms in total. The van der Waals surface area contributed by atoms with Crippen molar-refractivity contribution in [3.05, 3.63) is 106 Å². The first-order valence-electron chi connectivity index (χ1n) is 9.82. The van der Waals surface area contributed by atoms with Crippen LogP contribution >= 0.6 is 0 Å². The van der Waals surface area contributed by atoms with Crippen molar-refractivity contribution in [2.75, 3.05) is 0 Å². The van der Waals surface area contributed by atoms with Crippen LogP contribution in [-0.2, 0) is 11.4 Å². The SMILES string of the molecule is CC1=C(CC(=O)O)c2cc(F)ccc2/C1=C\c1ccc(F)cc1OCc1ccccc1. The van der Waals surface area contributed by atoms with Gasteiger partial charge in [-0.3, -0.25) is 4.79 Å². The summed E-state index contributed by atoms with van der Waals surface area (Å²) in [5.74, 6) is -1.46. The van der Waals surface area contributed by atoms with Crippen LogP contribution in [0.25, 0.3) is 17.2 Å². The highest BCUT2D eigenvalue weighted by Gasteiger charge is 2.26. The molecule has 3 aromatic rings. The van der Waals surface area contributed by atoms with Crippen molar-refractivity contribution in [3.8, 4) is 5.75 Å². The summed E-state index contributed by atoms with van der Waals surface area (Å²) in [6, 6.07) is 18.2. The molecule has 0 aromatic heterocycles. The molecule has 0 atom stereocenters. The number of hydrogen-bond donors (Lipinski definition) is 1. The molecule has 0 fully saturated rings. The van der Waals surface area contributed by atoms with Gasteiger partial charge in [0.15, 0.2) is 0 Å². The number of rotatable bonds is 6. The predicted octanol–water partition coefficient (Wildman–Crippen LogP) is 6.35. The van der Waals surface area contributed by atoms with Gasteiger partial charge in [0.1, 0.15) is 24.0 Å². The Balaban J connectivity index is 1.76. The van der Waals surface area contributed by atoms with Crippen LogP contribution in [0.3, 0.4) is 0 Å². The number of hydrogen-bond acceptors (Lipinski definition) is 2. The second-order valence-corrected chi connectivity index (χ2v) is 7.38. The average molecular weight is 418 g/mol. The molecule has 3 aromatic carbocycles. The van der Waals surface area contributed by atoms with E-state index in [4.69, 9.17) is 4.74 Å². The molecule has 0 saturated heterocycles. The Bertz CT molecular complexity index is 1210. The quantitative estimate of drug-likeness (QED) is 0.508. The first-order chi connectivity index (χ1) is 14.9. The molecule has 1 aliphatic rings. The Hall–Kier alpha value is -3.73. The van der Waals surface area contributed by atoms with Gasteiger partial charge >= 0.3 is 5.97 Å². The molecule has 0 radical (unpaired) electrons. The smallest absolute Gasteiger partial charge is 0.307 e. The third kappa shape index (κ3) is 4.40. The number of benzene rings is 3.